The minimum absolute atomic E-state index is 0. The standard InChI is InChI=1S/C13H25NO5.ClH/c1-9(14-11(16)19-12(2,3)4)10(15)18-8-13(5,6)17-7;/h9H,8H2,1-7H3,(H,14,16);1H/t9-;/m0./s1. The number of hydrogen-bond donors (Lipinski definition) is 1. The molecule has 1 atom stereocenters. The van der Waals surface area contributed by atoms with Gasteiger partial charge in [-0.2, -0.15) is 0 Å². The van der Waals surface area contributed by atoms with Gasteiger partial charge in [0.05, 0.1) is 5.60 Å². The first-order chi connectivity index (χ1) is 8.47. The van der Waals surface area contributed by atoms with Crippen LogP contribution in [-0.4, -0.2) is 43.0 Å². The van der Waals surface area contributed by atoms with Gasteiger partial charge < -0.3 is 19.5 Å². The van der Waals surface area contributed by atoms with Crippen LogP contribution in [0.15, 0.2) is 0 Å². The molecule has 0 aromatic carbocycles. The third kappa shape index (κ3) is 9.86. The largest absolute Gasteiger partial charge is 0.461 e. The van der Waals surface area contributed by atoms with Gasteiger partial charge in [0.25, 0.3) is 0 Å². The predicted octanol–water partition coefficient (Wildman–Crippen LogP) is 2.29. The highest BCUT2D eigenvalue weighted by Crippen LogP contribution is 2.09. The van der Waals surface area contributed by atoms with Crippen molar-refractivity contribution in [1.82, 2.24) is 5.32 Å². The van der Waals surface area contributed by atoms with Gasteiger partial charge in [0, 0.05) is 7.11 Å². The van der Waals surface area contributed by atoms with E-state index in [1.165, 1.54) is 14.0 Å². The van der Waals surface area contributed by atoms with Crippen LogP contribution < -0.4 is 5.32 Å². The van der Waals surface area contributed by atoms with E-state index in [0.717, 1.165) is 0 Å². The zero-order chi connectivity index (χ0) is 15.3. The van der Waals surface area contributed by atoms with Crippen molar-refractivity contribution in [2.24, 2.45) is 0 Å². The third-order valence-corrected chi connectivity index (χ3v) is 2.20. The molecule has 0 saturated heterocycles. The van der Waals surface area contributed by atoms with Gasteiger partial charge in [-0.3, -0.25) is 0 Å². The summed E-state index contributed by atoms with van der Waals surface area (Å²) in [5.41, 5.74) is -1.16. The average molecular weight is 312 g/mol. The maximum Gasteiger partial charge on any atom is 0.408 e. The van der Waals surface area contributed by atoms with Gasteiger partial charge in [0.2, 0.25) is 0 Å². The molecule has 0 rings (SSSR count). The van der Waals surface area contributed by atoms with Gasteiger partial charge in [0.1, 0.15) is 18.2 Å². The van der Waals surface area contributed by atoms with Crippen molar-refractivity contribution in [2.45, 2.75) is 58.8 Å². The summed E-state index contributed by atoms with van der Waals surface area (Å²) in [4.78, 5) is 23.1. The molecule has 7 heteroatoms. The molecule has 1 amide bonds. The van der Waals surface area contributed by atoms with E-state index in [1.807, 2.05) is 0 Å². The highest BCUT2D eigenvalue weighted by molar-refractivity contribution is 5.85. The number of halogens is 1. The lowest BCUT2D eigenvalue weighted by Crippen LogP contribution is -2.43. The summed E-state index contributed by atoms with van der Waals surface area (Å²) >= 11 is 0. The fourth-order valence-corrected chi connectivity index (χ4v) is 0.972. The Morgan fingerprint density at radius 2 is 1.65 bits per heavy atom. The van der Waals surface area contributed by atoms with Crippen molar-refractivity contribution in [3.63, 3.8) is 0 Å². The normalized spacial score (nSPS) is 12.9. The van der Waals surface area contributed by atoms with Crippen LogP contribution in [0.5, 0.6) is 0 Å². The quantitative estimate of drug-likeness (QED) is 0.789. The van der Waals surface area contributed by atoms with Crippen LogP contribution in [0.25, 0.3) is 0 Å². The topological polar surface area (TPSA) is 73.9 Å². The number of rotatable bonds is 5. The summed E-state index contributed by atoms with van der Waals surface area (Å²) in [5, 5.41) is 2.41. The van der Waals surface area contributed by atoms with E-state index in [0.29, 0.717) is 0 Å². The maximum atomic E-state index is 11.7. The SMILES string of the molecule is COC(C)(C)COC(=O)[C@H](C)NC(=O)OC(C)(C)C.Cl. The highest BCUT2D eigenvalue weighted by Gasteiger charge is 2.24. The number of hydrogen-bond acceptors (Lipinski definition) is 5. The fraction of sp³-hybridized carbons (Fsp3) is 0.846. The minimum Gasteiger partial charge on any atom is -0.461 e. The lowest BCUT2D eigenvalue weighted by atomic mass is 10.1. The van der Waals surface area contributed by atoms with Crippen molar-refractivity contribution in [1.29, 1.82) is 0 Å². The molecule has 0 aliphatic heterocycles. The molecule has 20 heavy (non-hydrogen) atoms. The first kappa shape index (κ1) is 21.3. The van der Waals surface area contributed by atoms with Crippen molar-refractivity contribution in [2.75, 3.05) is 13.7 Å². The second-order valence-corrected chi connectivity index (χ2v) is 5.94. The molecule has 0 aromatic heterocycles. The first-order valence-corrected chi connectivity index (χ1v) is 6.18. The van der Waals surface area contributed by atoms with Crippen molar-refractivity contribution < 1.29 is 23.8 Å². The van der Waals surface area contributed by atoms with E-state index < -0.39 is 29.3 Å². The summed E-state index contributed by atoms with van der Waals surface area (Å²) in [6.45, 7) is 10.5. The van der Waals surface area contributed by atoms with Crippen LogP contribution in [-0.2, 0) is 19.0 Å². The van der Waals surface area contributed by atoms with E-state index >= 15 is 0 Å². The van der Waals surface area contributed by atoms with Crippen LogP contribution >= 0.6 is 12.4 Å². The second-order valence-electron chi connectivity index (χ2n) is 5.94. The Labute approximate surface area is 126 Å². The van der Waals surface area contributed by atoms with Crippen LogP contribution in [0.2, 0.25) is 0 Å². The third-order valence-electron chi connectivity index (χ3n) is 2.20. The molecule has 0 unspecified atom stereocenters. The molecular weight excluding hydrogens is 286 g/mol. The molecule has 0 heterocycles. The van der Waals surface area contributed by atoms with Crippen LogP contribution in [0.1, 0.15) is 41.5 Å². The Hall–Kier alpha value is -1.01. The zero-order valence-electron chi connectivity index (χ0n) is 13.2. The van der Waals surface area contributed by atoms with E-state index in [4.69, 9.17) is 14.2 Å². The summed E-state index contributed by atoms with van der Waals surface area (Å²) in [5.74, 6) is -0.531. The Kier molecular flexibility index (Phi) is 8.85. The Bertz CT molecular complexity index is 325. The van der Waals surface area contributed by atoms with Gasteiger partial charge >= 0.3 is 12.1 Å². The minimum atomic E-state index is -0.775. The molecular formula is C13H26ClNO5. The number of methoxy groups -OCH3 is 1. The molecule has 0 spiro atoms. The number of esters is 1. The molecule has 6 nitrogen and oxygen atoms in total. The van der Waals surface area contributed by atoms with E-state index in [1.54, 1.807) is 34.6 Å². The number of alkyl carbamates (subject to hydrolysis) is 1. The highest BCUT2D eigenvalue weighted by atomic mass is 35.5. The van der Waals surface area contributed by atoms with Crippen molar-refractivity contribution in [3.05, 3.63) is 0 Å². The summed E-state index contributed by atoms with van der Waals surface area (Å²) in [6, 6.07) is -0.775. The zero-order valence-corrected chi connectivity index (χ0v) is 14.1. The van der Waals surface area contributed by atoms with Crippen molar-refractivity contribution in [3.8, 4) is 0 Å². The summed E-state index contributed by atoms with van der Waals surface area (Å²) < 4.78 is 15.2. The van der Waals surface area contributed by atoms with Gasteiger partial charge in [-0.1, -0.05) is 0 Å². The van der Waals surface area contributed by atoms with Gasteiger partial charge in [-0.05, 0) is 41.5 Å². The lowest BCUT2D eigenvalue weighted by Gasteiger charge is -2.24. The lowest BCUT2D eigenvalue weighted by molar-refractivity contribution is -0.153. The molecule has 0 bridgehead atoms. The molecule has 0 saturated carbocycles. The van der Waals surface area contributed by atoms with E-state index in [-0.39, 0.29) is 19.0 Å². The molecule has 0 fully saturated rings. The van der Waals surface area contributed by atoms with Crippen molar-refractivity contribution >= 4 is 24.5 Å². The molecule has 0 aliphatic rings. The molecule has 0 aliphatic carbocycles. The van der Waals surface area contributed by atoms with Crippen LogP contribution in [0, 0.1) is 0 Å². The van der Waals surface area contributed by atoms with Crippen LogP contribution in [0.3, 0.4) is 0 Å². The smallest absolute Gasteiger partial charge is 0.408 e. The molecule has 0 aromatic rings. The van der Waals surface area contributed by atoms with Gasteiger partial charge in [-0.15, -0.1) is 12.4 Å². The Morgan fingerprint density at radius 3 is 2.05 bits per heavy atom. The van der Waals surface area contributed by atoms with Gasteiger partial charge in [0.15, 0.2) is 0 Å². The number of ether oxygens (including phenoxy) is 3. The molecule has 1 N–H and O–H groups in total. The monoisotopic (exact) mass is 311 g/mol. The van der Waals surface area contributed by atoms with Gasteiger partial charge in [-0.25, -0.2) is 9.59 Å². The first-order valence-electron chi connectivity index (χ1n) is 6.18. The fourth-order valence-electron chi connectivity index (χ4n) is 0.972. The maximum absolute atomic E-state index is 11.7. The molecule has 0 radical (unpaired) electrons. The molecule has 120 valence electrons. The summed E-state index contributed by atoms with van der Waals surface area (Å²) in [7, 11) is 1.54. The Morgan fingerprint density at radius 1 is 1.15 bits per heavy atom. The number of carbonyl (C=O) groups is 2. The predicted molar refractivity (Wildman–Crippen MR) is 78.1 cm³/mol. The van der Waals surface area contributed by atoms with E-state index in [9.17, 15) is 9.59 Å². The van der Waals surface area contributed by atoms with Crippen LogP contribution in [0.4, 0.5) is 4.79 Å². The number of amides is 1. The van der Waals surface area contributed by atoms with E-state index in [2.05, 4.69) is 5.32 Å². The summed E-state index contributed by atoms with van der Waals surface area (Å²) in [6.07, 6.45) is -0.650. The number of carbonyl (C=O) groups excluding carboxylic acids is 2. The number of nitrogens with one attached hydrogen (secondary N) is 1. The second kappa shape index (κ2) is 8.32. The Balaban J connectivity index is 0. The average Bonchev–Trinajstić information content (AvgIpc) is 2.23.